The van der Waals surface area contributed by atoms with Crippen molar-refractivity contribution >= 4 is 21.8 Å². The highest BCUT2D eigenvalue weighted by molar-refractivity contribution is 9.10. The number of nitrogens with zero attached hydrogens (tertiary/aromatic N) is 1. The molecule has 0 aliphatic heterocycles. The van der Waals surface area contributed by atoms with Gasteiger partial charge in [0.25, 0.3) is 0 Å². The Hall–Kier alpha value is -1.07. The summed E-state index contributed by atoms with van der Waals surface area (Å²) < 4.78 is 0.994. The predicted octanol–water partition coefficient (Wildman–Crippen LogP) is 1.43. The average molecular weight is 286 g/mol. The molecule has 0 atom stereocenters. The quantitative estimate of drug-likeness (QED) is 0.445. The molecule has 1 aromatic rings. The maximum absolute atomic E-state index is 9.46. The van der Waals surface area contributed by atoms with Crippen LogP contribution in [0, 0.1) is 0 Å². The number of hydrogen-bond acceptors (Lipinski definition) is 3. The third-order valence-corrected chi connectivity index (χ3v) is 2.38. The van der Waals surface area contributed by atoms with E-state index in [0.717, 1.165) is 10.0 Å². The molecule has 0 aliphatic carbocycles. The van der Waals surface area contributed by atoms with Gasteiger partial charge >= 0.3 is 0 Å². The van der Waals surface area contributed by atoms with E-state index in [0.29, 0.717) is 12.4 Å². The Kier molecular flexibility index (Phi) is 4.32. The highest BCUT2D eigenvalue weighted by atomic mass is 79.9. The molecule has 0 amide bonds. The molecule has 0 saturated carbocycles. The normalized spacial score (nSPS) is 12.6. The monoisotopic (exact) mass is 285 g/mol. The van der Waals surface area contributed by atoms with E-state index in [9.17, 15) is 5.11 Å². The van der Waals surface area contributed by atoms with Crippen LogP contribution in [0.25, 0.3) is 0 Å². The molecule has 0 bridgehead atoms. The first-order valence-electron chi connectivity index (χ1n) is 4.93. The van der Waals surface area contributed by atoms with Gasteiger partial charge in [-0.1, -0.05) is 28.1 Å². The zero-order valence-corrected chi connectivity index (χ0v) is 11.0. The third-order valence-electron chi connectivity index (χ3n) is 1.85. The van der Waals surface area contributed by atoms with Gasteiger partial charge in [-0.05, 0) is 26.0 Å². The smallest absolute Gasteiger partial charge is 0.150 e. The van der Waals surface area contributed by atoms with E-state index < -0.39 is 5.60 Å². The van der Waals surface area contributed by atoms with Crippen LogP contribution < -0.4 is 11.2 Å². The summed E-state index contributed by atoms with van der Waals surface area (Å²) in [7, 11) is 0. The van der Waals surface area contributed by atoms with Gasteiger partial charge in [0.15, 0.2) is 5.84 Å². The lowest BCUT2D eigenvalue weighted by Crippen LogP contribution is -2.33. The van der Waals surface area contributed by atoms with E-state index in [4.69, 9.17) is 5.73 Å². The van der Waals surface area contributed by atoms with Crippen molar-refractivity contribution in [2.45, 2.75) is 19.4 Å². The van der Waals surface area contributed by atoms with Gasteiger partial charge in [0, 0.05) is 10.0 Å². The molecular formula is C11H16BrN3O. The van der Waals surface area contributed by atoms with Crippen molar-refractivity contribution in [3.05, 3.63) is 34.3 Å². The van der Waals surface area contributed by atoms with Crippen molar-refractivity contribution in [3.8, 4) is 0 Å². The molecule has 1 rings (SSSR count). The molecule has 4 N–H and O–H groups in total. The van der Waals surface area contributed by atoms with E-state index in [1.54, 1.807) is 13.8 Å². The van der Waals surface area contributed by atoms with Crippen LogP contribution >= 0.6 is 15.9 Å². The largest absolute Gasteiger partial charge is 0.389 e. The van der Waals surface area contributed by atoms with E-state index >= 15 is 0 Å². The molecule has 0 heterocycles. The summed E-state index contributed by atoms with van der Waals surface area (Å²) in [4.78, 5) is 0. The number of benzene rings is 1. The molecule has 0 aliphatic rings. The number of hydrazone groups is 1. The van der Waals surface area contributed by atoms with Crippen molar-refractivity contribution in [1.82, 2.24) is 5.43 Å². The van der Waals surface area contributed by atoms with Gasteiger partial charge in [0.2, 0.25) is 0 Å². The molecule has 1 aromatic carbocycles. The average Bonchev–Trinajstić information content (AvgIpc) is 2.16. The Morgan fingerprint density at radius 1 is 1.44 bits per heavy atom. The van der Waals surface area contributed by atoms with Gasteiger partial charge in [-0.25, -0.2) is 0 Å². The number of rotatable bonds is 4. The summed E-state index contributed by atoms with van der Waals surface area (Å²) in [5.41, 5.74) is 8.54. The molecule has 0 fully saturated rings. The van der Waals surface area contributed by atoms with Gasteiger partial charge in [-0.3, -0.25) is 0 Å². The summed E-state index contributed by atoms with van der Waals surface area (Å²) >= 11 is 3.34. The van der Waals surface area contributed by atoms with Crippen LogP contribution in [0.15, 0.2) is 33.8 Å². The maximum atomic E-state index is 9.46. The first-order valence-corrected chi connectivity index (χ1v) is 5.72. The molecule has 0 spiro atoms. The van der Waals surface area contributed by atoms with E-state index in [2.05, 4.69) is 26.5 Å². The Morgan fingerprint density at radius 3 is 2.50 bits per heavy atom. The summed E-state index contributed by atoms with van der Waals surface area (Å²) in [5, 5.41) is 13.4. The van der Waals surface area contributed by atoms with Crippen LogP contribution in [-0.4, -0.2) is 23.1 Å². The minimum absolute atomic E-state index is 0.351. The minimum Gasteiger partial charge on any atom is -0.389 e. The van der Waals surface area contributed by atoms with Crippen molar-refractivity contribution in [1.29, 1.82) is 0 Å². The van der Waals surface area contributed by atoms with Crippen molar-refractivity contribution in [2.75, 3.05) is 6.54 Å². The van der Waals surface area contributed by atoms with Crippen LogP contribution in [0.2, 0.25) is 0 Å². The summed E-state index contributed by atoms with van der Waals surface area (Å²) in [6, 6.07) is 7.53. The van der Waals surface area contributed by atoms with Crippen LogP contribution in [0.1, 0.15) is 19.4 Å². The number of aliphatic hydroxyl groups is 1. The molecule has 0 aromatic heterocycles. The maximum Gasteiger partial charge on any atom is 0.150 e. The van der Waals surface area contributed by atoms with Gasteiger partial charge < -0.3 is 16.3 Å². The molecule has 5 heteroatoms. The number of nitrogens with two attached hydrogens (primary N) is 1. The van der Waals surface area contributed by atoms with Gasteiger partial charge in [0.1, 0.15) is 0 Å². The minimum atomic E-state index is -0.802. The van der Waals surface area contributed by atoms with Gasteiger partial charge in [-0.2, -0.15) is 5.10 Å². The Morgan fingerprint density at radius 2 is 2.00 bits per heavy atom. The molecule has 88 valence electrons. The SMILES string of the molecule is CC(C)(O)CN/N=C(\N)c1ccc(Br)cc1. The Labute approximate surface area is 104 Å². The Bertz CT molecular complexity index is 368. The van der Waals surface area contributed by atoms with E-state index in [-0.39, 0.29) is 0 Å². The number of hydrogen-bond donors (Lipinski definition) is 3. The van der Waals surface area contributed by atoms with Crippen molar-refractivity contribution in [2.24, 2.45) is 10.8 Å². The number of halogens is 1. The first kappa shape index (κ1) is 13.0. The summed E-state index contributed by atoms with van der Waals surface area (Å²) in [5.74, 6) is 0.400. The predicted molar refractivity (Wildman–Crippen MR) is 69.2 cm³/mol. The second kappa shape index (κ2) is 5.32. The van der Waals surface area contributed by atoms with Crippen molar-refractivity contribution < 1.29 is 5.11 Å². The molecule has 4 nitrogen and oxygen atoms in total. The molecule has 0 unspecified atom stereocenters. The summed E-state index contributed by atoms with van der Waals surface area (Å²) in [6.45, 7) is 3.75. The lowest BCUT2D eigenvalue weighted by molar-refractivity contribution is 0.0803. The third kappa shape index (κ3) is 4.63. The summed E-state index contributed by atoms with van der Waals surface area (Å²) in [6.07, 6.45) is 0. The molecule has 0 radical (unpaired) electrons. The number of amidine groups is 1. The zero-order valence-electron chi connectivity index (χ0n) is 9.37. The van der Waals surface area contributed by atoms with Crippen LogP contribution in [0.4, 0.5) is 0 Å². The van der Waals surface area contributed by atoms with Crippen LogP contribution in [0.5, 0.6) is 0 Å². The number of nitrogens with one attached hydrogen (secondary N) is 1. The van der Waals surface area contributed by atoms with Crippen molar-refractivity contribution in [3.63, 3.8) is 0 Å². The van der Waals surface area contributed by atoms with E-state index in [1.165, 1.54) is 0 Å². The van der Waals surface area contributed by atoms with Gasteiger partial charge in [0.05, 0.1) is 12.1 Å². The van der Waals surface area contributed by atoms with Crippen LogP contribution in [-0.2, 0) is 0 Å². The lowest BCUT2D eigenvalue weighted by Gasteiger charge is -2.16. The molecular weight excluding hydrogens is 270 g/mol. The zero-order chi connectivity index (χ0) is 12.2. The van der Waals surface area contributed by atoms with Gasteiger partial charge in [-0.15, -0.1) is 0 Å². The highest BCUT2D eigenvalue weighted by Gasteiger charge is 2.10. The second-order valence-corrected chi connectivity index (χ2v) is 5.07. The second-order valence-electron chi connectivity index (χ2n) is 4.15. The lowest BCUT2D eigenvalue weighted by atomic mass is 10.1. The topological polar surface area (TPSA) is 70.6 Å². The fourth-order valence-electron chi connectivity index (χ4n) is 1.00. The fourth-order valence-corrected chi connectivity index (χ4v) is 1.27. The molecule has 0 saturated heterocycles. The fraction of sp³-hybridized carbons (Fsp3) is 0.364. The highest BCUT2D eigenvalue weighted by Crippen LogP contribution is 2.10. The molecule has 16 heavy (non-hydrogen) atoms. The Balaban J connectivity index is 2.60. The van der Waals surface area contributed by atoms with E-state index in [1.807, 2.05) is 24.3 Å². The van der Waals surface area contributed by atoms with Crippen LogP contribution in [0.3, 0.4) is 0 Å². The first-order chi connectivity index (χ1) is 7.38. The standard InChI is InChI=1S/C11H16BrN3O/c1-11(2,16)7-14-15-10(13)8-3-5-9(12)6-4-8/h3-6,14,16H,7H2,1-2H3,(H2,13,15).